The molecule has 2 aliphatic carbocycles. The lowest BCUT2D eigenvalue weighted by atomic mass is 9.78. The fraction of sp³-hybridized carbons (Fsp3) is 0.875. The maximum Gasteiger partial charge on any atom is 0.317 e. The molecule has 0 heterocycles. The van der Waals surface area contributed by atoms with Gasteiger partial charge in [-0.1, -0.05) is 32.6 Å². The van der Waals surface area contributed by atoms with Crippen molar-refractivity contribution in [2.45, 2.75) is 76.3 Å². The molecule has 0 aliphatic heterocycles. The van der Waals surface area contributed by atoms with E-state index in [0.29, 0.717) is 12.0 Å². The average molecular weight is 296 g/mol. The van der Waals surface area contributed by atoms with Gasteiger partial charge in [0, 0.05) is 13.1 Å². The lowest BCUT2D eigenvalue weighted by Gasteiger charge is -2.43. The zero-order chi connectivity index (χ0) is 15.5. The Morgan fingerprint density at radius 3 is 2.52 bits per heavy atom. The highest BCUT2D eigenvalue weighted by Crippen LogP contribution is 2.38. The van der Waals surface area contributed by atoms with Crippen LogP contribution >= 0.6 is 0 Å². The largest absolute Gasteiger partial charge is 0.481 e. The number of carbonyl (C=O) groups excluding carboxylic acids is 1. The van der Waals surface area contributed by atoms with E-state index >= 15 is 0 Å². The van der Waals surface area contributed by atoms with E-state index in [1.54, 1.807) is 11.9 Å². The highest BCUT2D eigenvalue weighted by molar-refractivity contribution is 5.77. The Kier molecular flexibility index (Phi) is 5.12. The van der Waals surface area contributed by atoms with Crippen LogP contribution in [-0.4, -0.2) is 40.6 Å². The first kappa shape index (κ1) is 16.1. The Hall–Kier alpha value is -1.26. The van der Waals surface area contributed by atoms with Gasteiger partial charge in [0.1, 0.15) is 0 Å². The van der Waals surface area contributed by atoms with Crippen molar-refractivity contribution in [3.05, 3.63) is 0 Å². The fourth-order valence-electron chi connectivity index (χ4n) is 3.71. The standard InChI is InChI=1S/C16H28N2O3/c1-3-7-12-10-13(12)17-15(21)18(2)16(11-14(19)20)8-5-4-6-9-16/h12-13H,3-11H2,1-2H3,(H,17,21)(H,19,20). The second-order valence-corrected chi connectivity index (χ2v) is 6.75. The molecular weight excluding hydrogens is 268 g/mol. The van der Waals surface area contributed by atoms with Gasteiger partial charge in [-0.3, -0.25) is 4.79 Å². The number of amides is 2. The number of carbonyl (C=O) groups is 2. The molecule has 2 aliphatic rings. The monoisotopic (exact) mass is 296 g/mol. The summed E-state index contributed by atoms with van der Waals surface area (Å²) in [6, 6.07) is 0.201. The molecule has 2 rings (SSSR count). The highest BCUT2D eigenvalue weighted by atomic mass is 16.4. The van der Waals surface area contributed by atoms with E-state index in [1.807, 2.05) is 0 Å². The van der Waals surface area contributed by atoms with Crippen LogP contribution in [0.3, 0.4) is 0 Å². The molecule has 2 amide bonds. The Labute approximate surface area is 127 Å². The zero-order valence-corrected chi connectivity index (χ0v) is 13.2. The molecule has 0 radical (unpaired) electrons. The summed E-state index contributed by atoms with van der Waals surface area (Å²) in [4.78, 5) is 25.3. The zero-order valence-electron chi connectivity index (χ0n) is 13.2. The van der Waals surface area contributed by atoms with Crippen LogP contribution in [0.2, 0.25) is 0 Å². The van der Waals surface area contributed by atoms with E-state index in [4.69, 9.17) is 0 Å². The van der Waals surface area contributed by atoms with E-state index in [0.717, 1.165) is 51.4 Å². The summed E-state index contributed by atoms with van der Waals surface area (Å²) < 4.78 is 0. The van der Waals surface area contributed by atoms with Crippen LogP contribution in [-0.2, 0) is 4.79 Å². The van der Waals surface area contributed by atoms with Gasteiger partial charge in [0.2, 0.25) is 0 Å². The van der Waals surface area contributed by atoms with E-state index in [2.05, 4.69) is 12.2 Å². The van der Waals surface area contributed by atoms with Gasteiger partial charge in [0.25, 0.3) is 0 Å². The molecular formula is C16H28N2O3. The van der Waals surface area contributed by atoms with Crippen molar-refractivity contribution in [3.63, 3.8) is 0 Å². The number of rotatable bonds is 6. The third-order valence-corrected chi connectivity index (χ3v) is 5.17. The minimum absolute atomic E-state index is 0.0555. The molecule has 5 heteroatoms. The minimum Gasteiger partial charge on any atom is -0.481 e. The Morgan fingerprint density at radius 1 is 1.29 bits per heavy atom. The molecule has 0 aromatic rings. The molecule has 0 saturated heterocycles. The van der Waals surface area contributed by atoms with Crippen molar-refractivity contribution >= 4 is 12.0 Å². The molecule has 2 atom stereocenters. The molecule has 5 nitrogen and oxygen atoms in total. The third kappa shape index (κ3) is 3.89. The third-order valence-electron chi connectivity index (χ3n) is 5.17. The number of nitrogens with one attached hydrogen (secondary N) is 1. The van der Waals surface area contributed by atoms with Gasteiger partial charge >= 0.3 is 12.0 Å². The number of hydrogen-bond acceptors (Lipinski definition) is 2. The van der Waals surface area contributed by atoms with Gasteiger partial charge in [-0.05, 0) is 31.6 Å². The van der Waals surface area contributed by atoms with Crippen LogP contribution in [0.15, 0.2) is 0 Å². The quantitative estimate of drug-likeness (QED) is 0.791. The summed E-state index contributed by atoms with van der Waals surface area (Å²) in [5, 5.41) is 12.3. The first-order chi connectivity index (χ1) is 9.98. The normalized spacial score (nSPS) is 27.0. The predicted octanol–water partition coefficient (Wildman–Crippen LogP) is 2.99. The Morgan fingerprint density at radius 2 is 1.95 bits per heavy atom. The summed E-state index contributed by atoms with van der Waals surface area (Å²) in [5.41, 5.74) is -0.497. The summed E-state index contributed by atoms with van der Waals surface area (Å²) >= 11 is 0. The molecule has 0 spiro atoms. The van der Waals surface area contributed by atoms with Crippen LogP contribution in [0.1, 0.15) is 64.7 Å². The SMILES string of the molecule is CCCC1CC1NC(=O)N(C)C1(CC(=O)O)CCCCC1. The van der Waals surface area contributed by atoms with Gasteiger partial charge < -0.3 is 15.3 Å². The van der Waals surface area contributed by atoms with Crippen molar-refractivity contribution in [2.75, 3.05) is 7.05 Å². The summed E-state index contributed by atoms with van der Waals surface area (Å²) in [5.74, 6) is -0.194. The number of carboxylic acids is 1. The van der Waals surface area contributed by atoms with Crippen LogP contribution in [0.5, 0.6) is 0 Å². The van der Waals surface area contributed by atoms with Gasteiger partial charge in [-0.25, -0.2) is 4.79 Å². The molecule has 2 unspecified atom stereocenters. The average Bonchev–Trinajstić information content (AvgIpc) is 3.16. The number of carboxylic acid groups (broad SMARTS) is 1. The number of hydrogen-bond donors (Lipinski definition) is 2. The molecule has 120 valence electrons. The van der Waals surface area contributed by atoms with Crippen molar-refractivity contribution < 1.29 is 14.7 Å². The Bertz CT molecular complexity index is 391. The van der Waals surface area contributed by atoms with Crippen molar-refractivity contribution in [3.8, 4) is 0 Å². The van der Waals surface area contributed by atoms with Gasteiger partial charge in [-0.15, -0.1) is 0 Å². The number of nitrogens with zero attached hydrogens (tertiary/aromatic N) is 1. The molecule has 2 saturated carbocycles. The van der Waals surface area contributed by atoms with Crippen LogP contribution in [0, 0.1) is 5.92 Å². The Balaban J connectivity index is 1.95. The first-order valence-electron chi connectivity index (χ1n) is 8.24. The molecule has 2 N–H and O–H groups in total. The molecule has 2 fully saturated rings. The minimum atomic E-state index is -0.813. The smallest absolute Gasteiger partial charge is 0.317 e. The topological polar surface area (TPSA) is 69.6 Å². The summed E-state index contributed by atoms with van der Waals surface area (Å²) in [6.45, 7) is 2.16. The number of aliphatic carboxylic acids is 1. The molecule has 0 aromatic heterocycles. The predicted molar refractivity (Wildman–Crippen MR) is 81.2 cm³/mol. The highest BCUT2D eigenvalue weighted by Gasteiger charge is 2.43. The maximum atomic E-state index is 12.5. The van der Waals surface area contributed by atoms with E-state index in [1.165, 1.54) is 0 Å². The maximum absolute atomic E-state index is 12.5. The summed E-state index contributed by atoms with van der Waals surface area (Å²) in [6.07, 6.45) is 8.18. The van der Waals surface area contributed by atoms with Crippen LogP contribution < -0.4 is 5.32 Å². The van der Waals surface area contributed by atoms with Crippen molar-refractivity contribution in [2.24, 2.45) is 5.92 Å². The number of urea groups is 1. The van der Waals surface area contributed by atoms with Crippen molar-refractivity contribution in [1.29, 1.82) is 0 Å². The molecule has 21 heavy (non-hydrogen) atoms. The fourth-order valence-corrected chi connectivity index (χ4v) is 3.71. The van der Waals surface area contributed by atoms with E-state index in [9.17, 15) is 14.7 Å². The van der Waals surface area contributed by atoms with E-state index in [-0.39, 0.29) is 12.5 Å². The second-order valence-electron chi connectivity index (χ2n) is 6.75. The van der Waals surface area contributed by atoms with Crippen LogP contribution in [0.4, 0.5) is 4.79 Å². The van der Waals surface area contributed by atoms with Gasteiger partial charge in [0.05, 0.1) is 12.0 Å². The van der Waals surface area contributed by atoms with E-state index < -0.39 is 11.5 Å². The molecule has 0 bridgehead atoms. The first-order valence-corrected chi connectivity index (χ1v) is 8.24. The lowest BCUT2D eigenvalue weighted by Crippen LogP contribution is -2.55. The lowest BCUT2D eigenvalue weighted by molar-refractivity contribution is -0.140. The van der Waals surface area contributed by atoms with Crippen molar-refractivity contribution in [1.82, 2.24) is 10.2 Å². The van der Waals surface area contributed by atoms with Gasteiger partial charge in [-0.2, -0.15) is 0 Å². The second kappa shape index (κ2) is 6.67. The molecule has 0 aromatic carbocycles. The van der Waals surface area contributed by atoms with Gasteiger partial charge in [0.15, 0.2) is 0 Å². The van der Waals surface area contributed by atoms with Crippen LogP contribution in [0.25, 0.3) is 0 Å². The summed E-state index contributed by atoms with van der Waals surface area (Å²) in [7, 11) is 1.76.